The van der Waals surface area contributed by atoms with Gasteiger partial charge in [0.25, 0.3) is 0 Å². The summed E-state index contributed by atoms with van der Waals surface area (Å²) in [5, 5.41) is 3.34. The Morgan fingerprint density at radius 2 is 1.70 bits per heavy atom. The highest BCUT2D eigenvalue weighted by Gasteiger charge is 2.64. The number of halogens is 1. The predicted molar refractivity (Wildman–Crippen MR) is 141 cm³/mol. The largest absolute Gasteiger partial charge is 0.495 e. The summed E-state index contributed by atoms with van der Waals surface area (Å²) in [6.07, 6.45) is 3.74. The van der Waals surface area contributed by atoms with Crippen molar-refractivity contribution in [3.63, 3.8) is 0 Å². The van der Waals surface area contributed by atoms with Gasteiger partial charge in [0.1, 0.15) is 11.8 Å². The van der Waals surface area contributed by atoms with Gasteiger partial charge in [0, 0.05) is 11.2 Å². The predicted octanol–water partition coefficient (Wildman–Crippen LogP) is 4.81. The zero-order valence-corrected chi connectivity index (χ0v) is 21.0. The number of benzene rings is 3. The average molecular weight is 514 g/mol. The molecule has 2 fully saturated rings. The number of imide groups is 1. The molecule has 4 atom stereocenters. The number of carbonyl (C=O) groups excluding carboxylic acids is 3. The van der Waals surface area contributed by atoms with E-state index in [-0.39, 0.29) is 11.8 Å². The number of amides is 3. The van der Waals surface area contributed by atoms with Gasteiger partial charge in [-0.25, -0.2) is 4.90 Å². The molecule has 6 rings (SSSR count). The summed E-state index contributed by atoms with van der Waals surface area (Å²) < 4.78 is 5.40. The highest BCUT2D eigenvalue weighted by atomic mass is 35.5. The van der Waals surface area contributed by atoms with Crippen LogP contribution in [0.15, 0.2) is 72.9 Å². The molecular weight excluding hydrogens is 490 g/mol. The lowest BCUT2D eigenvalue weighted by Gasteiger charge is -2.35. The summed E-state index contributed by atoms with van der Waals surface area (Å²) in [7, 11) is 1.50. The number of hydrogen-bond donors (Lipinski definition) is 1. The van der Waals surface area contributed by atoms with Gasteiger partial charge in [-0.3, -0.25) is 14.4 Å². The molecule has 7 nitrogen and oxygen atoms in total. The highest BCUT2D eigenvalue weighted by Crippen LogP contribution is 2.53. The van der Waals surface area contributed by atoms with Gasteiger partial charge in [0.2, 0.25) is 17.7 Å². The minimum Gasteiger partial charge on any atom is -0.495 e. The Bertz CT molecular complexity index is 1470. The molecule has 2 saturated heterocycles. The zero-order valence-electron chi connectivity index (χ0n) is 20.2. The van der Waals surface area contributed by atoms with Crippen molar-refractivity contribution < 1.29 is 19.1 Å². The normalized spacial score (nSPS) is 23.5. The second-order valence-electron chi connectivity index (χ2n) is 9.51. The molecule has 0 bridgehead atoms. The first-order valence-electron chi connectivity index (χ1n) is 12.0. The first kappa shape index (κ1) is 23.3. The fourth-order valence-corrected chi connectivity index (χ4v) is 5.96. The minimum atomic E-state index is -0.907. The van der Waals surface area contributed by atoms with Gasteiger partial charge < -0.3 is 15.0 Å². The molecule has 8 heteroatoms. The molecule has 0 saturated carbocycles. The van der Waals surface area contributed by atoms with Crippen molar-refractivity contribution in [1.82, 2.24) is 4.90 Å². The van der Waals surface area contributed by atoms with Crippen LogP contribution >= 0.6 is 11.6 Å². The van der Waals surface area contributed by atoms with Crippen LogP contribution in [-0.2, 0) is 14.4 Å². The SMILES string of the molecule is COc1ccc(Cl)cc1NC(=O)C1C2C(=O)N(c3ccc(C)cc3)C(=O)C2C2c3ccccc3C=CN12. The van der Waals surface area contributed by atoms with E-state index < -0.39 is 29.8 Å². The smallest absolute Gasteiger partial charge is 0.248 e. The zero-order chi connectivity index (χ0) is 25.8. The summed E-state index contributed by atoms with van der Waals surface area (Å²) in [4.78, 5) is 44.8. The van der Waals surface area contributed by atoms with Crippen LogP contribution in [0.5, 0.6) is 5.75 Å². The van der Waals surface area contributed by atoms with Crippen LogP contribution in [0.2, 0.25) is 5.02 Å². The molecule has 186 valence electrons. The number of aryl methyl sites for hydroxylation is 1. The number of rotatable bonds is 4. The molecule has 0 spiro atoms. The molecule has 1 N–H and O–H groups in total. The van der Waals surface area contributed by atoms with Crippen LogP contribution in [0.4, 0.5) is 11.4 Å². The maximum Gasteiger partial charge on any atom is 0.248 e. The van der Waals surface area contributed by atoms with Gasteiger partial charge in [0.15, 0.2) is 0 Å². The molecule has 3 aliphatic rings. The van der Waals surface area contributed by atoms with E-state index in [1.807, 2.05) is 60.5 Å². The standard InChI is InChI=1S/C29H24ClN3O4/c1-16-7-10-19(11-8-16)33-28(35)23-24(29(33)36)26(27(34)31-21-15-18(30)9-12-22(21)37-2)32-14-13-17-5-3-4-6-20(17)25(23)32/h3-15,23-26H,1-2H3,(H,31,34). The molecule has 37 heavy (non-hydrogen) atoms. The van der Waals surface area contributed by atoms with Crippen molar-refractivity contribution in [2.24, 2.45) is 11.8 Å². The van der Waals surface area contributed by atoms with E-state index in [0.29, 0.717) is 22.1 Å². The topological polar surface area (TPSA) is 79.0 Å². The number of fused-ring (bicyclic) bond motifs is 5. The third-order valence-corrected chi connectivity index (χ3v) is 7.68. The maximum absolute atomic E-state index is 13.9. The van der Waals surface area contributed by atoms with E-state index in [2.05, 4.69) is 5.32 Å². The number of nitrogens with zero attached hydrogens (tertiary/aromatic N) is 2. The van der Waals surface area contributed by atoms with Crippen molar-refractivity contribution in [3.05, 3.63) is 94.6 Å². The number of carbonyl (C=O) groups is 3. The van der Waals surface area contributed by atoms with Crippen LogP contribution in [0.25, 0.3) is 6.08 Å². The van der Waals surface area contributed by atoms with Gasteiger partial charge in [-0.1, -0.05) is 53.6 Å². The van der Waals surface area contributed by atoms with E-state index in [9.17, 15) is 14.4 Å². The molecule has 0 radical (unpaired) electrons. The molecule has 3 aromatic rings. The highest BCUT2D eigenvalue weighted by molar-refractivity contribution is 6.31. The average Bonchev–Trinajstić information content (AvgIpc) is 3.37. The first-order valence-corrected chi connectivity index (χ1v) is 12.4. The minimum absolute atomic E-state index is 0.297. The molecular formula is C29H24ClN3O4. The van der Waals surface area contributed by atoms with Crippen molar-refractivity contribution in [1.29, 1.82) is 0 Å². The third kappa shape index (κ3) is 3.61. The Hall–Kier alpha value is -4.10. The summed E-state index contributed by atoms with van der Waals surface area (Å²) in [5.41, 5.74) is 3.82. The van der Waals surface area contributed by atoms with Crippen molar-refractivity contribution in [2.75, 3.05) is 17.3 Å². The Morgan fingerprint density at radius 1 is 0.973 bits per heavy atom. The van der Waals surface area contributed by atoms with Gasteiger partial charge in [-0.2, -0.15) is 0 Å². The summed E-state index contributed by atoms with van der Waals surface area (Å²) in [5.74, 6) is -2.21. The fourth-order valence-electron chi connectivity index (χ4n) is 5.79. The molecule has 3 aliphatic heterocycles. The van der Waals surface area contributed by atoms with Crippen LogP contribution in [-0.4, -0.2) is 35.8 Å². The Labute approximate surface area is 219 Å². The number of nitrogens with one attached hydrogen (secondary N) is 1. The molecule has 0 aromatic heterocycles. The van der Waals surface area contributed by atoms with Crippen LogP contribution in [0.3, 0.4) is 0 Å². The lowest BCUT2D eigenvalue weighted by atomic mass is 9.84. The maximum atomic E-state index is 13.9. The Balaban J connectivity index is 1.44. The lowest BCUT2D eigenvalue weighted by Crippen LogP contribution is -2.46. The quantitative estimate of drug-likeness (QED) is 0.506. The lowest BCUT2D eigenvalue weighted by molar-refractivity contribution is -0.128. The Morgan fingerprint density at radius 3 is 2.46 bits per heavy atom. The summed E-state index contributed by atoms with van der Waals surface area (Å²) in [6, 6.07) is 18.6. The molecule has 3 heterocycles. The Kier molecular flexibility index (Phi) is 5.53. The number of anilines is 2. The second kappa shape index (κ2) is 8.78. The molecule has 3 aromatic carbocycles. The van der Waals surface area contributed by atoms with Crippen LogP contribution in [0.1, 0.15) is 22.7 Å². The summed E-state index contributed by atoms with van der Waals surface area (Å²) >= 11 is 6.18. The van der Waals surface area contributed by atoms with Crippen molar-refractivity contribution >= 4 is 46.8 Å². The van der Waals surface area contributed by atoms with Crippen LogP contribution in [0, 0.1) is 18.8 Å². The first-order chi connectivity index (χ1) is 17.9. The molecule has 3 amide bonds. The number of hydrogen-bond acceptors (Lipinski definition) is 5. The van der Waals surface area contributed by atoms with Crippen LogP contribution < -0.4 is 15.0 Å². The molecule has 0 aliphatic carbocycles. The van der Waals surface area contributed by atoms with Gasteiger partial charge in [-0.15, -0.1) is 0 Å². The summed E-state index contributed by atoms with van der Waals surface area (Å²) in [6.45, 7) is 1.94. The van der Waals surface area contributed by atoms with E-state index >= 15 is 0 Å². The number of methoxy groups -OCH3 is 1. The monoisotopic (exact) mass is 513 g/mol. The molecule has 4 unspecified atom stereocenters. The fraction of sp³-hybridized carbons (Fsp3) is 0.207. The number of ether oxygens (including phenoxy) is 1. The van der Waals surface area contributed by atoms with Gasteiger partial charge in [-0.05, 0) is 54.5 Å². The van der Waals surface area contributed by atoms with E-state index in [4.69, 9.17) is 16.3 Å². The van der Waals surface area contributed by atoms with Gasteiger partial charge >= 0.3 is 0 Å². The van der Waals surface area contributed by atoms with Crippen molar-refractivity contribution in [2.45, 2.75) is 19.0 Å². The van der Waals surface area contributed by atoms with Gasteiger partial charge in [0.05, 0.1) is 36.4 Å². The van der Waals surface area contributed by atoms with E-state index in [1.54, 1.807) is 30.3 Å². The van der Waals surface area contributed by atoms with Crippen molar-refractivity contribution in [3.8, 4) is 5.75 Å². The van der Waals surface area contributed by atoms with E-state index in [0.717, 1.165) is 16.7 Å². The second-order valence-corrected chi connectivity index (χ2v) is 9.95. The third-order valence-electron chi connectivity index (χ3n) is 7.44. The van der Waals surface area contributed by atoms with E-state index in [1.165, 1.54) is 12.0 Å².